The van der Waals surface area contributed by atoms with Crippen LogP contribution >= 0.6 is 11.8 Å². The molecule has 0 radical (unpaired) electrons. The highest BCUT2D eigenvalue weighted by atomic mass is 32.2. The number of fused-ring (bicyclic) bond motifs is 1. The summed E-state index contributed by atoms with van der Waals surface area (Å²) in [6, 6.07) is 11.3. The van der Waals surface area contributed by atoms with Crippen LogP contribution in [0.1, 0.15) is 19.4 Å². The molecular formula is C20H23F2N3O2S. The van der Waals surface area contributed by atoms with Crippen molar-refractivity contribution >= 4 is 46.1 Å². The zero-order valence-electron chi connectivity index (χ0n) is 15.9. The second-order valence-corrected chi connectivity index (χ2v) is 6.70. The van der Waals surface area contributed by atoms with Crippen LogP contribution in [0.2, 0.25) is 0 Å². The SMILES string of the molecule is C=N/N=C(/SCC(=O)OCC)N(CC(F)F)c1ccc(CC)c2ccccc12. The number of halogens is 2. The lowest BCUT2D eigenvalue weighted by atomic mass is 10.0. The van der Waals surface area contributed by atoms with Crippen molar-refractivity contribution in [3.05, 3.63) is 42.0 Å². The summed E-state index contributed by atoms with van der Waals surface area (Å²) in [7, 11) is 0. The molecule has 0 unspecified atom stereocenters. The van der Waals surface area contributed by atoms with E-state index < -0.39 is 18.9 Å². The Labute approximate surface area is 167 Å². The Kier molecular flexibility index (Phi) is 8.38. The monoisotopic (exact) mass is 407 g/mol. The second kappa shape index (κ2) is 10.8. The first-order valence-electron chi connectivity index (χ1n) is 8.90. The van der Waals surface area contributed by atoms with Gasteiger partial charge in [-0.1, -0.05) is 49.0 Å². The lowest BCUT2D eigenvalue weighted by Crippen LogP contribution is -2.34. The molecule has 0 saturated heterocycles. The molecule has 0 fully saturated rings. The van der Waals surface area contributed by atoms with Crippen LogP contribution in [-0.2, 0) is 16.0 Å². The van der Waals surface area contributed by atoms with E-state index in [1.54, 1.807) is 13.0 Å². The first-order chi connectivity index (χ1) is 13.5. The predicted molar refractivity (Wildman–Crippen MR) is 113 cm³/mol. The van der Waals surface area contributed by atoms with Crippen molar-refractivity contribution in [2.75, 3.05) is 23.8 Å². The Balaban J connectivity index is 2.50. The number of hydrogen-bond donors (Lipinski definition) is 0. The normalized spacial score (nSPS) is 11.7. The number of rotatable bonds is 8. The number of anilines is 1. The number of ether oxygens (including phenoxy) is 1. The Bertz CT molecular complexity index is 858. The van der Waals surface area contributed by atoms with Gasteiger partial charge in [0.05, 0.1) is 24.6 Å². The van der Waals surface area contributed by atoms with Crippen LogP contribution in [0.4, 0.5) is 14.5 Å². The molecule has 0 aromatic heterocycles. The van der Waals surface area contributed by atoms with Crippen LogP contribution in [0.3, 0.4) is 0 Å². The fraction of sp³-hybridized carbons (Fsp3) is 0.350. The lowest BCUT2D eigenvalue weighted by Gasteiger charge is -2.26. The number of carbonyl (C=O) groups excluding carboxylic acids is 1. The van der Waals surface area contributed by atoms with Crippen LogP contribution in [0.5, 0.6) is 0 Å². The molecule has 150 valence electrons. The van der Waals surface area contributed by atoms with Crippen molar-refractivity contribution in [3.8, 4) is 0 Å². The molecule has 0 aliphatic rings. The van der Waals surface area contributed by atoms with Crippen molar-refractivity contribution in [2.24, 2.45) is 10.2 Å². The fourth-order valence-corrected chi connectivity index (χ4v) is 3.63. The van der Waals surface area contributed by atoms with Crippen molar-refractivity contribution in [1.82, 2.24) is 0 Å². The van der Waals surface area contributed by atoms with Crippen molar-refractivity contribution in [3.63, 3.8) is 0 Å². The third kappa shape index (κ3) is 5.51. The maximum Gasteiger partial charge on any atom is 0.316 e. The summed E-state index contributed by atoms with van der Waals surface area (Å²) >= 11 is 0.992. The van der Waals surface area contributed by atoms with Gasteiger partial charge >= 0.3 is 5.97 Å². The number of thioether (sulfide) groups is 1. The van der Waals surface area contributed by atoms with Crippen molar-refractivity contribution in [1.29, 1.82) is 0 Å². The van der Waals surface area contributed by atoms with E-state index in [9.17, 15) is 13.6 Å². The van der Waals surface area contributed by atoms with Crippen molar-refractivity contribution < 1.29 is 18.3 Å². The van der Waals surface area contributed by atoms with E-state index >= 15 is 0 Å². The Morgan fingerprint density at radius 2 is 1.93 bits per heavy atom. The molecule has 2 rings (SSSR count). The summed E-state index contributed by atoms with van der Waals surface area (Å²) in [6.45, 7) is 6.73. The van der Waals surface area contributed by atoms with E-state index in [4.69, 9.17) is 4.74 Å². The summed E-state index contributed by atoms with van der Waals surface area (Å²) in [5, 5.41) is 9.40. The Morgan fingerprint density at radius 3 is 2.54 bits per heavy atom. The lowest BCUT2D eigenvalue weighted by molar-refractivity contribution is -0.139. The summed E-state index contributed by atoms with van der Waals surface area (Å²) in [5.41, 5.74) is 1.70. The Morgan fingerprint density at radius 1 is 1.21 bits per heavy atom. The molecule has 0 saturated carbocycles. The van der Waals surface area contributed by atoms with Gasteiger partial charge in [0.1, 0.15) is 0 Å². The molecule has 0 aliphatic carbocycles. The first-order valence-corrected chi connectivity index (χ1v) is 9.88. The van der Waals surface area contributed by atoms with Crippen LogP contribution in [0, 0.1) is 0 Å². The van der Waals surface area contributed by atoms with E-state index in [1.807, 2.05) is 37.3 Å². The highest BCUT2D eigenvalue weighted by Crippen LogP contribution is 2.32. The number of aryl methyl sites for hydroxylation is 1. The number of benzene rings is 2. The second-order valence-electron chi connectivity index (χ2n) is 5.76. The highest BCUT2D eigenvalue weighted by molar-refractivity contribution is 8.14. The first kappa shape index (κ1) is 21.8. The number of alkyl halides is 2. The quantitative estimate of drug-likeness (QED) is 0.274. The number of hydrogen-bond acceptors (Lipinski definition) is 5. The predicted octanol–water partition coefficient (Wildman–Crippen LogP) is 4.74. The van der Waals surface area contributed by atoms with E-state index in [2.05, 4.69) is 16.9 Å². The topological polar surface area (TPSA) is 54.3 Å². The summed E-state index contributed by atoms with van der Waals surface area (Å²) < 4.78 is 31.7. The molecule has 8 heteroatoms. The number of amidine groups is 1. The van der Waals surface area contributed by atoms with Gasteiger partial charge in [-0.15, -0.1) is 5.10 Å². The molecule has 0 spiro atoms. The summed E-state index contributed by atoms with van der Waals surface area (Å²) in [4.78, 5) is 13.1. The van der Waals surface area contributed by atoms with Gasteiger partial charge in [0, 0.05) is 12.1 Å². The van der Waals surface area contributed by atoms with Gasteiger partial charge in [-0.2, -0.15) is 5.10 Å². The van der Waals surface area contributed by atoms with Gasteiger partial charge in [-0.05, 0) is 30.4 Å². The van der Waals surface area contributed by atoms with Crippen molar-refractivity contribution in [2.45, 2.75) is 26.7 Å². The van der Waals surface area contributed by atoms with E-state index in [-0.39, 0.29) is 17.5 Å². The molecule has 0 amide bonds. The Hall–Kier alpha value is -2.48. The summed E-state index contributed by atoms with van der Waals surface area (Å²) in [6.07, 6.45) is -1.79. The minimum Gasteiger partial charge on any atom is -0.465 e. The van der Waals surface area contributed by atoms with Gasteiger partial charge in [0.15, 0.2) is 5.17 Å². The standard InChI is InChI=1S/C20H23F2N3O2S/c1-4-14-10-11-17(16-9-7-6-8-15(14)16)25(12-18(21)22)20(24-23-3)28-13-19(26)27-5-2/h6-11,18H,3-5,12-13H2,1-2H3/b24-20+. The van der Waals surface area contributed by atoms with Gasteiger partial charge < -0.3 is 9.64 Å². The minimum absolute atomic E-state index is 0.0626. The molecule has 0 bridgehead atoms. The number of esters is 1. The zero-order valence-corrected chi connectivity index (χ0v) is 16.7. The molecule has 5 nitrogen and oxygen atoms in total. The number of carbonyl (C=O) groups is 1. The van der Waals surface area contributed by atoms with Gasteiger partial charge in [0.2, 0.25) is 0 Å². The fourth-order valence-electron chi connectivity index (χ4n) is 2.85. The molecule has 28 heavy (non-hydrogen) atoms. The maximum absolute atomic E-state index is 13.4. The van der Waals surface area contributed by atoms with Crippen LogP contribution in [0.15, 0.2) is 46.6 Å². The average Bonchev–Trinajstić information content (AvgIpc) is 2.69. The third-order valence-electron chi connectivity index (χ3n) is 4.00. The molecule has 0 heterocycles. The molecule has 0 N–H and O–H groups in total. The van der Waals surface area contributed by atoms with Crippen LogP contribution in [0.25, 0.3) is 10.8 Å². The summed E-state index contributed by atoms with van der Waals surface area (Å²) in [5.74, 6) is -0.514. The smallest absolute Gasteiger partial charge is 0.316 e. The van der Waals surface area contributed by atoms with Gasteiger partial charge in [-0.25, -0.2) is 8.78 Å². The minimum atomic E-state index is -2.61. The van der Waals surface area contributed by atoms with Gasteiger partial charge in [-0.3, -0.25) is 4.79 Å². The number of nitrogens with zero attached hydrogens (tertiary/aromatic N) is 3. The van der Waals surface area contributed by atoms with Gasteiger partial charge in [0.25, 0.3) is 6.43 Å². The van der Waals surface area contributed by atoms with Crippen LogP contribution < -0.4 is 4.90 Å². The largest absolute Gasteiger partial charge is 0.465 e. The average molecular weight is 407 g/mol. The molecule has 0 atom stereocenters. The molecule has 0 aliphatic heterocycles. The third-order valence-corrected chi connectivity index (χ3v) is 4.94. The molecule has 2 aromatic carbocycles. The van der Waals surface area contributed by atoms with E-state index in [0.29, 0.717) is 5.69 Å². The molecule has 2 aromatic rings. The zero-order chi connectivity index (χ0) is 20.5. The highest BCUT2D eigenvalue weighted by Gasteiger charge is 2.23. The maximum atomic E-state index is 13.4. The molecular weight excluding hydrogens is 384 g/mol. The van der Waals surface area contributed by atoms with E-state index in [1.165, 1.54) is 4.90 Å². The van der Waals surface area contributed by atoms with Crippen LogP contribution in [-0.4, -0.2) is 43.2 Å². The van der Waals surface area contributed by atoms with E-state index in [0.717, 1.165) is 34.5 Å².